The second-order valence-corrected chi connectivity index (χ2v) is 7.80. The Morgan fingerprint density at radius 2 is 1.81 bits per heavy atom. The number of ether oxygens (including phenoxy) is 1. The van der Waals surface area contributed by atoms with Crippen LogP contribution in [-0.2, 0) is 14.8 Å². The van der Waals surface area contributed by atoms with Gasteiger partial charge in [0.1, 0.15) is 0 Å². The number of rotatable bonds is 4. The minimum Gasteiger partial charge on any atom is -0.465 e. The van der Waals surface area contributed by atoms with E-state index in [1.807, 2.05) is 0 Å². The van der Waals surface area contributed by atoms with Crippen molar-refractivity contribution in [1.29, 1.82) is 0 Å². The zero-order valence-corrected chi connectivity index (χ0v) is 15.0. The molecule has 0 atom stereocenters. The van der Waals surface area contributed by atoms with Crippen LogP contribution in [0.15, 0.2) is 48.5 Å². The molecule has 8 heteroatoms. The molecule has 0 aromatic heterocycles. The van der Waals surface area contributed by atoms with Gasteiger partial charge in [0.05, 0.1) is 29.7 Å². The number of anilines is 2. The fourth-order valence-electron chi connectivity index (χ4n) is 2.84. The highest BCUT2D eigenvalue weighted by atomic mass is 32.2. The summed E-state index contributed by atoms with van der Waals surface area (Å²) in [7, 11) is -2.05. The summed E-state index contributed by atoms with van der Waals surface area (Å²) in [5.74, 6) is -0.962. The maximum atomic E-state index is 12.6. The van der Waals surface area contributed by atoms with Crippen molar-refractivity contribution in [3.05, 3.63) is 59.7 Å². The fraction of sp³-hybridized carbons (Fsp3) is 0.222. The molecule has 0 radical (unpaired) electrons. The average Bonchev–Trinajstić information content (AvgIpc) is 3.00. The van der Waals surface area contributed by atoms with E-state index in [0.29, 0.717) is 24.3 Å². The van der Waals surface area contributed by atoms with Gasteiger partial charge in [0.25, 0.3) is 5.91 Å². The number of benzene rings is 2. The number of nitrogens with one attached hydrogen (secondary N) is 1. The van der Waals surface area contributed by atoms with Gasteiger partial charge in [-0.3, -0.25) is 9.10 Å². The summed E-state index contributed by atoms with van der Waals surface area (Å²) >= 11 is 0. The Bertz CT molecular complexity index is 956. The van der Waals surface area contributed by atoms with Crippen LogP contribution in [0.25, 0.3) is 0 Å². The third-order valence-electron chi connectivity index (χ3n) is 4.07. The summed E-state index contributed by atoms with van der Waals surface area (Å²) in [6.45, 7) is 0.422. The lowest BCUT2D eigenvalue weighted by atomic mass is 10.1. The molecule has 1 aliphatic rings. The molecule has 0 bridgehead atoms. The molecule has 26 heavy (non-hydrogen) atoms. The van der Waals surface area contributed by atoms with Gasteiger partial charge in [-0.25, -0.2) is 13.2 Å². The van der Waals surface area contributed by atoms with E-state index in [1.54, 1.807) is 36.4 Å². The summed E-state index contributed by atoms with van der Waals surface area (Å²) in [6, 6.07) is 12.9. The molecular formula is C18H18N2O5S. The van der Waals surface area contributed by atoms with Gasteiger partial charge in [-0.05, 0) is 36.8 Å². The average molecular weight is 374 g/mol. The summed E-state index contributed by atoms with van der Waals surface area (Å²) in [6.07, 6.45) is 0.575. The maximum Gasteiger partial charge on any atom is 0.338 e. The predicted molar refractivity (Wildman–Crippen MR) is 97.9 cm³/mol. The Morgan fingerprint density at radius 1 is 1.08 bits per heavy atom. The largest absolute Gasteiger partial charge is 0.465 e. The normalized spacial score (nSPS) is 15.5. The first kappa shape index (κ1) is 17.9. The molecule has 1 heterocycles. The predicted octanol–water partition coefficient (Wildman–Crippen LogP) is 2.27. The Morgan fingerprint density at radius 3 is 2.46 bits per heavy atom. The van der Waals surface area contributed by atoms with Crippen molar-refractivity contribution in [2.24, 2.45) is 0 Å². The van der Waals surface area contributed by atoms with Crippen LogP contribution in [0.4, 0.5) is 11.4 Å². The Balaban J connectivity index is 1.85. The standard InChI is InChI=1S/C18H18N2O5S/c1-25-18(22)16-9-3-2-8-15(16)17(21)19-13-6-4-7-14(12-13)20-10-5-11-26(20,23)24/h2-4,6-9,12H,5,10-11H2,1H3,(H,19,21). The van der Waals surface area contributed by atoms with Crippen LogP contribution < -0.4 is 9.62 Å². The van der Waals surface area contributed by atoms with E-state index in [0.717, 1.165) is 0 Å². The van der Waals surface area contributed by atoms with Gasteiger partial charge in [-0.1, -0.05) is 18.2 Å². The molecule has 2 aromatic carbocycles. The molecule has 1 N–H and O–H groups in total. The van der Waals surface area contributed by atoms with Crippen molar-refractivity contribution in [3.63, 3.8) is 0 Å². The van der Waals surface area contributed by atoms with E-state index in [9.17, 15) is 18.0 Å². The summed E-state index contributed by atoms with van der Waals surface area (Å²) in [5, 5.41) is 2.70. The number of methoxy groups -OCH3 is 1. The Labute approximate surface area is 151 Å². The topological polar surface area (TPSA) is 92.8 Å². The van der Waals surface area contributed by atoms with E-state index < -0.39 is 21.9 Å². The van der Waals surface area contributed by atoms with Gasteiger partial charge in [-0.15, -0.1) is 0 Å². The van der Waals surface area contributed by atoms with Crippen molar-refractivity contribution in [2.75, 3.05) is 29.0 Å². The van der Waals surface area contributed by atoms with E-state index in [2.05, 4.69) is 5.32 Å². The monoisotopic (exact) mass is 374 g/mol. The van der Waals surface area contributed by atoms with Gasteiger partial charge in [0, 0.05) is 12.2 Å². The minimum atomic E-state index is -3.30. The van der Waals surface area contributed by atoms with Crippen LogP contribution in [-0.4, -0.2) is 39.7 Å². The number of hydrogen-bond donors (Lipinski definition) is 1. The van der Waals surface area contributed by atoms with Gasteiger partial charge >= 0.3 is 5.97 Å². The molecule has 0 unspecified atom stereocenters. The zero-order chi connectivity index (χ0) is 18.7. The first-order valence-electron chi connectivity index (χ1n) is 8.01. The molecule has 3 rings (SSSR count). The van der Waals surface area contributed by atoms with Crippen molar-refractivity contribution in [2.45, 2.75) is 6.42 Å². The molecule has 7 nitrogen and oxygen atoms in total. The molecule has 1 amide bonds. The summed E-state index contributed by atoms with van der Waals surface area (Å²) in [4.78, 5) is 24.4. The number of nitrogens with zero attached hydrogens (tertiary/aromatic N) is 1. The van der Waals surface area contributed by atoms with Gasteiger partial charge in [0.2, 0.25) is 10.0 Å². The molecule has 0 saturated carbocycles. The van der Waals surface area contributed by atoms with Crippen LogP contribution in [0.2, 0.25) is 0 Å². The molecule has 0 aliphatic carbocycles. The summed E-state index contributed by atoms with van der Waals surface area (Å²) < 4.78 is 30.1. The number of hydrogen-bond acceptors (Lipinski definition) is 5. The quantitative estimate of drug-likeness (QED) is 0.829. The number of amides is 1. The van der Waals surface area contributed by atoms with E-state index in [-0.39, 0.29) is 16.9 Å². The highest BCUT2D eigenvalue weighted by molar-refractivity contribution is 7.93. The fourth-order valence-corrected chi connectivity index (χ4v) is 4.39. The van der Waals surface area contributed by atoms with Gasteiger partial charge in [0.15, 0.2) is 0 Å². The minimum absolute atomic E-state index is 0.121. The Hall–Kier alpha value is -2.87. The molecule has 1 fully saturated rings. The third kappa shape index (κ3) is 3.55. The van der Waals surface area contributed by atoms with Crippen LogP contribution in [0.3, 0.4) is 0 Å². The second kappa shape index (κ2) is 7.17. The van der Waals surface area contributed by atoms with Crippen molar-refractivity contribution in [1.82, 2.24) is 0 Å². The number of carbonyl (C=O) groups is 2. The molecule has 0 spiro atoms. The number of esters is 1. The molecule has 1 aliphatic heterocycles. The van der Waals surface area contributed by atoms with Crippen LogP contribution in [0.1, 0.15) is 27.1 Å². The summed E-state index contributed by atoms with van der Waals surface area (Å²) in [5.41, 5.74) is 1.28. The lowest BCUT2D eigenvalue weighted by Crippen LogP contribution is -2.25. The third-order valence-corrected chi connectivity index (χ3v) is 5.94. The lowest BCUT2D eigenvalue weighted by molar-refractivity contribution is 0.0597. The van der Waals surface area contributed by atoms with Crippen molar-refractivity contribution < 1.29 is 22.7 Å². The van der Waals surface area contributed by atoms with Crippen LogP contribution >= 0.6 is 0 Å². The van der Waals surface area contributed by atoms with Crippen LogP contribution in [0.5, 0.6) is 0 Å². The van der Waals surface area contributed by atoms with E-state index in [1.165, 1.54) is 23.5 Å². The molecule has 1 saturated heterocycles. The van der Waals surface area contributed by atoms with Crippen molar-refractivity contribution >= 4 is 33.3 Å². The highest BCUT2D eigenvalue weighted by Gasteiger charge is 2.28. The molecule has 2 aromatic rings. The van der Waals surface area contributed by atoms with Crippen molar-refractivity contribution in [3.8, 4) is 0 Å². The smallest absolute Gasteiger partial charge is 0.338 e. The SMILES string of the molecule is COC(=O)c1ccccc1C(=O)Nc1cccc(N2CCCS2(=O)=O)c1. The number of sulfonamides is 1. The zero-order valence-electron chi connectivity index (χ0n) is 14.1. The van der Waals surface area contributed by atoms with E-state index in [4.69, 9.17) is 4.74 Å². The number of carbonyl (C=O) groups excluding carboxylic acids is 2. The first-order chi connectivity index (χ1) is 12.4. The highest BCUT2D eigenvalue weighted by Crippen LogP contribution is 2.26. The first-order valence-corrected chi connectivity index (χ1v) is 9.62. The van der Waals surface area contributed by atoms with Gasteiger partial charge < -0.3 is 10.1 Å². The van der Waals surface area contributed by atoms with Gasteiger partial charge in [-0.2, -0.15) is 0 Å². The molecular weight excluding hydrogens is 356 g/mol. The van der Waals surface area contributed by atoms with E-state index >= 15 is 0 Å². The maximum absolute atomic E-state index is 12.6. The van der Waals surface area contributed by atoms with Crippen LogP contribution in [0, 0.1) is 0 Å². The molecule has 136 valence electrons. The second-order valence-electron chi connectivity index (χ2n) is 5.78. The lowest BCUT2D eigenvalue weighted by Gasteiger charge is -2.18. The Kier molecular flexibility index (Phi) is 4.94.